The summed E-state index contributed by atoms with van der Waals surface area (Å²) in [5.74, 6) is 2.29. The van der Waals surface area contributed by atoms with E-state index in [1.54, 1.807) is 18.2 Å². The van der Waals surface area contributed by atoms with Gasteiger partial charge in [-0.3, -0.25) is 4.79 Å². The molecular formula is C31H31F2N3O. The molecule has 37 heavy (non-hydrogen) atoms. The minimum atomic E-state index is -0.317. The van der Waals surface area contributed by atoms with Gasteiger partial charge in [0, 0.05) is 5.56 Å². The summed E-state index contributed by atoms with van der Waals surface area (Å²) < 4.78 is 27.3. The molecule has 0 aliphatic heterocycles. The van der Waals surface area contributed by atoms with Gasteiger partial charge in [0.2, 0.25) is 5.91 Å². The molecule has 4 bridgehead atoms. The predicted octanol–water partition coefficient (Wildman–Crippen LogP) is 6.46. The van der Waals surface area contributed by atoms with Crippen LogP contribution in [0, 0.1) is 34.8 Å². The fraction of sp³-hybridized carbons (Fsp3) is 0.452. The second-order valence-electron chi connectivity index (χ2n) is 12.1. The first kappa shape index (κ1) is 23.0. The van der Waals surface area contributed by atoms with Crippen LogP contribution in [0.5, 0.6) is 0 Å². The number of aryl methyl sites for hydroxylation is 2. The van der Waals surface area contributed by atoms with Crippen LogP contribution in [0.15, 0.2) is 42.5 Å². The Hall–Kier alpha value is -3.15. The lowest BCUT2D eigenvalue weighted by atomic mass is 9.48. The molecule has 1 N–H and O–H groups in total. The highest BCUT2D eigenvalue weighted by Gasteiger charge is 2.51. The summed E-state index contributed by atoms with van der Waals surface area (Å²) in [6.45, 7) is 0. The summed E-state index contributed by atoms with van der Waals surface area (Å²) in [4.78, 5) is 23.2. The average molecular weight is 500 g/mol. The van der Waals surface area contributed by atoms with Gasteiger partial charge in [0.1, 0.15) is 11.6 Å². The van der Waals surface area contributed by atoms with Crippen LogP contribution >= 0.6 is 0 Å². The summed E-state index contributed by atoms with van der Waals surface area (Å²) in [6.07, 6.45) is 10.2. The number of nitrogens with one attached hydrogen (secondary N) is 1. The summed E-state index contributed by atoms with van der Waals surface area (Å²) in [5, 5.41) is 3.07. The second kappa shape index (κ2) is 8.71. The van der Waals surface area contributed by atoms with Crippen LogP contribution in [-0.4, -0.2) is 15.9 Å². The molecule has 3 aromatic rings. The van der Waals surface area contributed by atoms with E-state index >= 15 is 0 Å². The van der Waals surface area contributed by atoms with Gasteiger partial charge >= 0.3 is 0 Å². The van der Waals surface area contributed by atoms with Crippen molar-refractivity contribution in [3.05, 3.63) is 76.6 Å². The molecule has 0 saturated heterocycles. The van der Waals surface area contributed by atoms with E-state index in [0.29, 0.717) is 18.7 Å². The van der Waals surface area contributed by atoms with Crippen LogP contribution in [0.2, 0.25) is 0 Å². The lowest BCUT2D eigenvalue weighted by Gasteiger charge is -2.57. The lowest BCUT2D eigenvalue weighted by molar-refractivity contribution is -0.115. The molecular weight excluding hydrogens is 468 g/mol. The fourth-order valence-electron chi connectivity index (χ4n) is 8.20. The molecule has 5 aliphatic carbocycles. The minimum absolute atomic E-state index is 0.151. The van der Waals surface area contributed by atoms with Crippen LogP contribution in [-0.2, 0) is 30.5 Å². The van der Waals surface area contributed by atoms with Crippen molar-refractivity contribution < 1.29 is 13.6 Å². The Bertz CT molecular complexity index is 1350. The van der Waals surface area contributed by atoms with Crippen molar-refractivity contribution in [2.75, 3.05) is 5.32 Å². The molecule has 190 valence electrons. The number of benzene rings is 2. The number of hydrogen-bond donors (Lipinski definition) is 1. The Morgan fingerprint density at radius 3 is 2.27 bits per heavy atom. The van der Waals surface area contributed by atoms with Crippen molar-refractivity contribution in [3.63, 3.8) is 0 Å². The molecule has 4 nitrogen and oxygen atoms in total. The number of fused-ring (bicyclic) bond motifs is 3. The highest BCUT2D eigenvalue weighted by atomic mass is 19.1. The average Bonchev–Trinajstić information content (AvgIpc) is 2.84. The molecule has 6 heteroatoms. The number of amides is 1. The highest BCUT2D eigenvalue weighted by Crippen LogP contribution is 2.61. The number of hydrogen-bond acceptors (Lipinski definition) is 3. The van der Waals surface area contributed by atoms with E-state index < -0.39 is 0 Å². The van der Waals surface area contributed by atoms with E-state index in [1.807, 2.05) is 6.07 Å². The van der Waals surface area contributed by atoms with Gasteiger partial charge in [-0.05, 0) is 122 Å². The van der Waals surface area contributed by atoms with Gasteiger partial charge in [-0.25, -0.2) is 18.7 Å². The van der Waals surface area contributed by atoms with Crippen LogP contribution in [0.1, 0.15) is 61.0 Å². The quantitative estimate of drug-likeness (QED) is 0.438. The maximum atomic E-state index is 13.9. The van der Waals surface area contributed by atoms with E-state index in [-0.39, 0.29) is 29.4 Å². The molecule has 0 atom stereocenters. The van der Waals surface area contributed by atoms with Gasteiger partial charge in [-0.1, -0.05) is 12.1 Å². The van der Waals surface area contributed by atoms with Crippen LogP contribution in [0.25, 0.3) is 11.3 Å². The SMILES string of the molecule is O=C(Cc1ccc(F)cc1)Nc1nc2c(nc1CC13CC4CC(CC(C4)C1)C3)-c1ccc(F)cc1CC2. The van der Waals surface area contributed by atoms with Crippen molar-refractivity contribution in [1.29, 1.82) is 0 Å². The third kappa shape index (κ3) is 4.34. The first-order valence-electron chi connectivity index (χ1n) is 13.6. The number of carbonyl (C=O) groups excluding carboxylic acids is 1. The molecule has 8 rings (SSSR count). The summed E-state index contributed by atoms with van der Waals surface area (Å²) >= 11 is 0. The van der Waals surface area contributed by atoms with E-state index in [9.17, 15) is 13.6 Å². The number of carbonyl (C=O) groups is 1. The number of rotatable bonds is 5. The van der Waals surface area contributed by atoms with Crippen molar-refractivity contribution in [1.82, 2.24) is 9.97 Å². The van der Waals surface area contributed by atoms with E-state index in [0.717, 1.165) is 57.9 Å². The zero-order chi connectivity index (χ0) is 25.1. The highest BCUT2D eigenvalue weighted by molar-refractivity contribution is 5.92. The molecule has 0 radical (unpaired) electrons. The molecule has 1 amide bonds. The third-order valence-corrected chi connectivity index (χ3v) is 9.24. The Morgan fingerprint density at radius 1 is 0.892 bits per heavy atom. The summed E-state index contributed by atoms with van der Waals surface area (Å²) in [7, 11) is 0. The predicted molar refractivity (Wildman–Crippen MR) is 138 cm³/mol. The Kier molecular flexibility index (Phi) is 5.42. The molecule has 4 saturated carbocycles. The minimum Gasteiger partial charge on any atom is -0.309 e. The molecule has 4 fully saturated rings. The fourth-order valence-corrected chi connectivity index (χ4v) is 8.20. The monoisotopic (exact) mass is 499 g/mol. The van der Waals surface area contributed by atoms with Gasteiger partial charge in [0.25, 0.3) is 0 Å². The third-order valence-electron chi connectivity index (χ3n) is 9.24. The van der Waals surface area contributed by atoms with Gasteiger partial charge in [-0.15, -0.1) is 0 Å². The summed E-state index contributed by atoms with van der Waals surface area (Å²) in [6, 6.07) is 10.9. The topological polar surface area (TPSA) is 54.9 Å². The van der Waals surface area contributed by atoms with Crippen LogP contribution in [0.4, 0.5) is 14.6 Å². The Labute approximate surface area is 215 Å². The first-order chi connectivity index (χ1) is 17.9. The molecule has 0 spiro atoms. The van der Waals surface area contributed by atoms with Crippen LogP contribution < -0.4 is 5.32 Å². The molecule has 5 aliphatic rings. The van der Waals surface area contributed by atoms with Crippen LogP contribution in [0.3, 0.4) is 0 Å². The van der Waals surface area contributed by atoms with Crippen molar-refractivity contribution in [2.24, 2.45) is 23.2 Å². The number of nitrogens with zero attached hydrogens (tertiary/aromatic N) is 2. The maximum Gasteiger partial charge on any atom is 0.229 e. The Balaban J connectivity index is 1.24. The zero-order valence-corrected chi connectivity index (χ0v) is 20.9. The standard InChI is InChI=1S/C31H31F2N3O/c32-23-4-1-18(2-5-23)12-28(37)36-30-27(17-31-14-19-9-20(15-31)11-21(10-19)16-31)34-29-25-7-6-24(33)13-22(25)3-8-26(29)35-30/h1-2,4-7,13,19-21H,3,8-12,14-17H2,(H,35,36,37). The molecule has 1 heterocycles. The lowest BCUT2D eigenvalue weighted by Crippen LogP contribution is -2.47. The molecule has 2 aromatic carbocycles. The molecule has 1 aromatic heterocycles. The van der Waals surface area contributed by atoms with E-state index in [2.05, 4.69) is 5.32 Å². The molecule has 0 unspecified atom stereocenters. The second-order valence-corrected chi connectivity index (χ2v) is 12.1. The van der Waals surface area contributed by atoms with Gasteiger partial charge < -0.3 is 5.32 Å². The van der Waals surface area contributed by atoms with Gasteiger partial charge in [0.05, 0.1) is 23.5 Å². The first-order valence-corrected chi connectivity index (χ1v) is 13.6. The van der Waals surface area contributed by atoms with Gasteiger partial charge in [-0.2, -0.15) is 0 Å². The largest absolute Gasteiger partial charge is 0.309 e. The summed E-state index contributed by atoms with van der Waals surface area (Å²) in [5.41, 5.74) is 5.44. The number of anilines is 1. The number of aromatic nitrogens is 2. The van der Waals surface area contributed by atoms with Crippen molar-refractivity contribution in [3.8, 4) is 11.3 Å². The maximum absolute atomic E-state index is 13.9. The van der Waals surface area contributed by atoms with Crippen molar-refractivity contribution in [2.45, 2.75) is 64.2 Å². The van der Waals surface area contributed by atoms with E-state index in [1.165, 1.54) is 56.7 Å². The normalized spacial score (nSPS) is 27.0. The van der Waals surface area contributed by atoms with Gasteiger partial charge in [0.15, 0.2) is 5.82 Å². The van der Waals surface area contributed by atoms with E-state index in [4.69, 9.17) is 9.97 Å². The smallest absolute Gasteiger partial charge is 0.229 e. The Morgan fingerprint density at radius 2 is 1.57 bits per heavy atom. The number of halogens is 2. The van der Waals surface area contributed by atoms with Crippen molar-refractivity contribution >= 4 is 11.7 Å². The zero-order valence-electron chi connectivity index (χ0n) is 20.9.